The summed E-state index contributed by atoms with van der Waals surface area (Å²) in [6.07, 6.45) is 3.99. The molecular weight excluding hydrogens is 340 g/mol. The average molecular weight is 371 g/mol. The summed E-state index contributed by atoms with van der Waals surface area (Å²) in [5.74, 6) is 1.80. The molecule has 26 heavy (non-hydrogen) atoms. The van der Waals surface area contributed by atoms with E-state index in [1.54, 1.807) is 7.11 Å². The van der Waals surface area contributed by atoms with E-state index in [2.05, 4.69) is 50.2 Å². The predicted octanol–water partition coefficient (Wildman–Crippen LogP) is 5.88. The number of aliphatic hydroxyl groups excluding tert-OH is 1. The van der Waals surface area contributed by atoms with Crippen LogP contribution in [0.15, 0.2) is 53.4 Å². The van der Waals surface area contributed by atoms with Gasteiger partial charge in [0.25, 0.3) is 0 Å². The molecule has 3 heteroatoms. The molecule has 1 aliphatic heterocycles. The molecule has 1 N–H and O–H groups in total. The zero-order valence-electron chi connectivity index (χ0n) is 16.1. The summed E-state index contributed by atoms with van der Waals surface area (Å²) in [5, 5.41) is 11.7. The summed E-state index contributed by atoms with van der Waals surface area (Å²) >= 11 is 1.90. The molecule has 0 radical (unpaired) electrons. The molecule has 1 heterocycles. The molecule has 0 unspecified atom stereocenters. The van der Waals surface area contributed by atoms with Crippen LogP contribution in [0.3, 0.4) is 0 Å². The van der Waals surface area contributed by atoms with Crippen molar-refractivity contribution in [3.8, 4) is 5.75 Å². The number of aliphatic hydroxyl groups is 1. The third kappa shape index (κ3) is 3.65. The van der Waals surface area contributed by atoms with Crippen LogP contribution in [0.25, 0.3) is 0 Å². The van der Waals surface area contributed by atoms with Crippen molar-refractivity contribution in [3.05, 3.63) is 59.7 Å². The van der Waals surface area contributed by atoms with Crippen molar-refractivity contribution in [2.24, 2.45) is 5.41 Å². The van der Waals surface area contributed by atoms with Crippen LogP contribution >= 0.6 is 11.8 Å². The second-order valence-electron chi connectivity index (χ2n) is 7.35. The number of hydrogen-bond donors (Lipinski definition) is 1. The smallest absolute Gasteiger partial charge is 0.119 e. The summed E-state index contributed by atoms with van der Waals surface area (Å²) in [6, 6.07) is 16.8. The van der Waals surface area contributed by atoms with E-state index in [1.165, 1.54) is 16.0 Å². The number of fused-ring (bicyclic) bond motifs is 1. The highest BCUT2D eigenvalue weighted by molar-refractivity contribution is 7.99. The zero-order chi connectivity index (χ0) is 18.6. The number of hydrogen-bond acceptors (Lipinski definition) is 3. The van der Waals surface area contributed by atoms with Crippen molar-refractivity contribution < 1.29 is 9.84 Å². The quantitative estimate of drug-likeness (QED) is 0.688. The maximum absolute atomic E-state index is 11.7. The van der Waals surface area contributed by atoms with Crippen molar-refractivity contribution in [1.29, 1.82) is 0 Å². The van der Waals surface area contributed by atoms with E-state index < -0.39 is 6.10 Å². The van der Waals surface area contributed by atoms with E-state index >= 15 is 0 Å². The first-order valence-corrected chi connectivity index (χ1v) is 10.7. The summed E-state index contributed by atoms with van der Waals surface area (Å²) in [4.78, 5) is 1.27. The van der Waals surface area contributed by atoms with Crippen LogP contribution < -0.4 is 4.74 Å². The Labute approximate surface area is 162 Å². The summed E-state index contributed by atoms with van der Waals surface area (Å²) in [6.45, 7) is 4.46. The van der Waals surface area contributed by atoms with E-state index in [9.17, 15) is 5.11 Å². The van der Waals surface area contributed by atoms with Crippen LogP contribution in [0, 0.1) is 5.41 Å². The van der Waals surface area contributed by atoms with Gasteiger partial charge in [-0.1, -0.05) is 57.0 Å². The van der Waals surface area contributed by atoms with Crippen molar-refractivity contribution in [2.75, 3.05) is 12.9 Å². The van der Waals surface area contributed by atoms with Crippen LogP contribution in [0.5, 0.6) is 5.75 Å². The molecule has 2 aromatic carbocycles. The molecule has 0 bridgehead atoms. The molecule has 2 nitrogen and oxygen atoms in total. The lowest BCUT2D eigenvalue weighted by Gasteiger charge is -2.39. The normalized spacial score (nSPS) is 25.4. The lowest BCUT2D eigenvalue weighted by Crippen LogP contribution is -2.40. The molecule has 0 spiro atoms. The number of benzene rings is 2. The first-order valence-electron chi connectivity index (χ1n) is 9.69. The van der Waals surface area contributed by atoms with Gasteiger partial charge in [0.1, 0.15) is 5.75 Å². The fourth-order valence-corrected chi connectivity index (χ4v) is 5.60. The minimum absolute atomic E-state index is 0.0203. The first-order chi connectivity index (χ1) is 12.6. The fourth-order valence-electron chi connectivity index (χ4n) is 4.12. The van der Waals surface area contributed by atoms with Gasteiger partial charge < -0.3 is 9.84 Å². The van der Waals surface area contributed by atoms with Gasteiger partial charge >= 0.3 is 0 Å². The van der Waals surface area contributed by atoms with E-state index in [4.69, 9.17) is 4.74 Å². The van der Waals surface area contributed by atoms with E-state index in [0.29, 0.717) is 0 Å². The molecular formula is C23H30O2S. The van der Waals surface area contributed by atoms with E-state index in [1.807, 2.05) is 23.9 Å². The average Bonchev–Trinajstić information content (AvgIpc) is 2.81. The van der Waals surface area contributed by atoms with Crippen molar-refractivity contribution in [3.63, 3.8) is 0 Å². The molecule has 3 atom stereocenters. The number of thioether (sulfide) groups is 1. The largest absolute Gasteiger partial charge is 0.497 e. The van der Waals surface area contributed by atoms with Crippen molar-refractivity contribution in [1.82, 2.24) is 0 Å². The molecule has 3 rings (SSSR count). The minimum atomic E-state index is -0.401. The maximum atomic E-state index is 11.7. The van der Waals surface area contributed by atoms with E-state index in [0.717, 1.165) is 37.2 Å². The molecule has 0 aliphatic carbocycles. The second kappa shape index (κ2) is 8.49. The first kappa shape index (κ1) is 19.3. The highest BCUT2D eigenvalue weighted by Gasteiger charge is 2.44. The van der Waals surface area contributed by atoms with Gasteiger partial charge in [0.05, 0.1) is 13.2 Å². The predicted molar refractivity (Wildman–Crippen MR) is 110 cm³/mol. The lowest BCUT2D eigenvalue weighted by molar-refractivity contribution is 0.0182. The molecule has 0 fully saturated rings. The van der Waals surface area contributed by atoms with Crippen LogP contribution in [0.4, 0.5) is 0 Å². The highest BCUT2D eigenvalue weighted by Crippen LogP contribution is 2.51. The van der Waals surface area contributed by atoms with Gasteiger partial charge in [-0.15, -0.1) is 11.8 Å². The topological polar surface area (TPSA) is 29.5 Å². The standard InChI is InChI=1S/C23H30O2S/c1-4-6-14-23(5-2)16-26-20-13-12-18(25-3)15-19(20)21(22(23)24)17-10-8-7-9-11-17/h7-13,15,21-22,24H,4-6,14,16H2,1-3H3/t21-,22-,23+/m0/s1. The third-order valence-corrected chi connectivity index (χ3v) is 7.30. The lowest BCUT2D eigenvalue weighted by atomic mass is 9.69. The molecule has 140 valence electrons. The number of unbranched alkanes of at least 4 members (excludes halogenated alkanes) is 1. The highest BCUT2D eigenvalue weighted by atomic mass is 32.2. The Hall–Kier alpha value is -1.45. The Kier molecular flexibility index (Phi) is 6.31. The van der Waals surface area contributed by atoms with Gasteiger partial charge in [-0.25, -0.2) is 0 Å². The number of rotatable bonds is 6. The van der Waals surface area contributed by atoms with Crippen molar-refractivity contribution >= 4 is 11.8 Å². The van der Waals surface area contributed by atoms with Crippen LogP contribution in [-0.2, 0) is 0 Å². The Balaban J connectivity index is 2.13. The molecule has 2 aromatic rings. The molecule has 0 amide bonds. The summed E-state index contributed by atoms with van der Waals surface area (Å²) in [7, 11) is 1.71. The van der Waals surface area contributed by atoms with E-state index in [-0.39, 0.29) is 11.3 Å². The molecule has 0 saturated heterocycles. The van der Waals surface area contributed by atoms with Crippen LogP contribution in [0.2, 0.25) is 0 Å². The van der Waals surface area contributed by atoms with Crippen molar-refractivity contribution in [2.45, 2.75) is 56.4 Å². The monoisotopic (exact) mass is 370 g/mol. The molecule has 1 aliphatic rings. The van der Waals surface area contributed by atoms with Crippen LogP contribution in [-0.4, -0.2) is 24.1 Å². The fraction of sp³-hybridized carbons (Fsp3) is 0.478. The molecule has 0 aromatic heterocycles. The van der Waals surface area contributed by atoms with Gasteiger partial charge in [-0.05, 0) is 42.2 Å². The SMILES string of the molecule is CCCC[C@]1(CC)CSc2ccc(OC)cc2[C@H](c2ccccc2)[C@@H]1O. The second-order valence-corrected chi connectivity index (χ2v) is 8.36. The van der Waals surface area contributed by atoms with Gasteiger partial charge in [-0.3, -0.25) is 0 Å². The van der Waals surface area contributed by atoms with Crippen LogP contribution in [0.1, 0.15) is 56.6 Å². The summed E-state index contributed by atoms with van der Waals surface area (Å²) in [5.41, 5.74) is 2.32. The van der Waals surface area contributed by atoms with Gasteiger partial charge in [-0.2, -0.15) is 0 Å². The van der Waals surface area contributed by atoms with Gasteiger partial charge in [0.15, 0.2) is 0 Å². The summed E-state index contributed by atoms with van der Waals surface area (Å²) < 4.78 is 5.49. The Morgan fingerprint density at radius 2 is 1.92 bits per heavy atom. The third-order valence-electron chi connectivity index (χ3n) is 5.90. The number of methoxy groups -OCH3 is 1. The Morgan fingerprint density at radius 1 is 1.15 bits per heavy atom. The minimum Gasteiger partial charge on any atom is -0.497 e. The Morgan fingerprint density at radius 3 is 2.58 bits per heavy atom. The van der Waals surface area contributed by atoms with Gasteiger partial charge in [0, 0.05) is 22.0 Å². The number of ether oxygens (including phenoxy) is 1. The molecule has 0 saturated carbocycles. The zero-order valence-corrected chi connectivity index (χ0v) is 16.9. The van der Waals surface area contributed by atoms with Gasteiger partial charge in [0.2, 0.25) is 0 Å². The maximum Gasteiger partial charge on any atom is 0.119 e. The Bertz CT molecular complexity index is 715.